The SMILES string of the molecule is Nn1c(C(F)(F)F)nn(C(=O)Nc2ccccc2)c1=O. The number of nitrogen functional groups attached to an aromatic ring is 1. The first-order valence-corrected chi connectivity index (χ1v) is 5.21. The van der Waals surface area contributed by atoms with Crippen molar-refractivity contribution in [3.63, 3.8) is 0 Å². The second-order valence-electron chi connectivity index (χ2n) is 3.68. The minimum Gasteiger partial charge on any atom is -0.333 e. The summed E-state index contributed by atoms with van der Waals surface area (Å²) in [7, 11) is 0. The lowest BCUT2D eigenvalue weighted by Gasteiger charge is -2.03. The normalized spacial score (nSPS) is 11.3. The van der Waals surface area contributed by atoms with Crippen LogP contribution in [0.3, 0.4) is 0 Å². The zero-order valence-corrected chi connectivity index (χ0v) is 9.76. The van der Waals surface area contributed by atoms with Crippen LogP contribution in [0.25, 0.3) is 0 Å². The van der Waals surface area contributed by atoms with Gasteiger partial charge in [-0.1, -0.05) is 18.2 Å². The van der Waals surface area contributed by atoms with Crippen molar-refractivity contribution in [2.24, 2.45) is 0 Å². The highest BCUT2D eigenvalue weighted by atomic mass is 19.4. The maximum absolute atomic E-state index is 12.5. The van der Waals surface area contributed by atoms with Crippen LogP contribution >= 0.6 is 0 Å². The summed E-state index contributed by atoms with van der Waals surface area (Å²) in [6, 6.07) is 6.72. The third-order valence-electron chi connectivity index (χ3n) is 2.28. The van der Waals surface area contributed by atoms with E-state index in [0.29, 0.717) is 5.69 Å². The van der Waals surface area contributed by atoms with Gasteiger partial charge < -0.3 is 11.2 Å². The van der Waals surface area contributed by atoms with Gasteiger partial charge in [-0.2, -0.15) is 17.8 Å². The van der Waals surface area contributed by atoms with E-state index < -0.39 is 23.7 Å². The molecule has 0 saturated carbocycles. The average molecular weight is 287 g/mol. The van der Waals surface area contributed by atoms with Crippen LogP contribution in [0, 0.1) is 0 Å². The van der Waals surface area contributed by atoms with Crippen molar-refractivity contribution < 1.29 is 18.0 Å². The molecule has 0 unspecified atom stereocenters. The maximum atomic E-state index is 12.5. The van der Waals surface area contributed by atoms with Crippen molar-refractivity contribution in [2.75, 3.05) is 11.2 Å². The molecular weight excluding hydrogens is 279 g/mol. The fourth-order valence-corrected chi connectivity index (χ4v) is 1.40. The van der Waals surface area contributed by atoms with E-state index in [0.717, 1.165) is 0 Å². The minimum absolute atomic E-state index is 0.00975. The number of rotatable bonds is 1. The molecule has 0 aliphatic rings. The first kappa shape index (κ1) is 13.6. The van der Waals surface area contributed by atoms with Crippen LogP contribution in [-0.2, 0) is 6.18 Å². The van der Waals surface area contributed by atoms with Crippen molar-refractivity contribution in [1.82, 2.24) is 14.5 Å². The van der Waals surface area contributed by atoms with Gasteiger partial charge in [0.2, 0.25) is 0 Å². The number of nitrogens with two attached hydrogens (primary N) is 1. The van der Waals surface area contributed by atoms with Gasteiger partial charge in [0, 0.05) is 5.69 Å². The minimum atomic E-state index is -4.94. The Hall–Kier alpha value is -2.78. The summed E-state index contributed by atoms with van der Waals surface area (Å²) in [5.74, 6) is 3.28. The van der Waals surface area contributed by atoms with Crippen molar-refractivity contribution >= 4 is 11.7 Å². The fourth-order valence-electron chi connectivity index (χ4n) is 1.40. The molecule has 0 saturated heterocycles. The number of benzene rings is 1. The Morgan fingerprint density at radius 3 is 2.35 bits per heavy atom. The largest absolute Gasteiger partial charge is 0.453 e. The molecule has 7 nitrogen and oxygen atoms in total. The molecule has 0 atom stereocenters. The number of carbonyl (C=O) groups is 1. The van der Waals surface area contributed by atoms with Gasteiger partial charge in [0.25, 0.3) is 5.82 Å². The number of nitrogens with zero attached hydrogens (tertiary/aromatic N) is 3. The molecule has 0 aliphatic heterocycles. The van der Waals surface area contributed by atoms with Crippen LogP contribution in [0.1, 0.15) is 5.82 Å². The molecular formula is C10H8F3N5O2. The van der Waals surface area contributed by atoms with E-state index in [1.165, 1.54) is 12.1 Å². The Morgan fingerprint density at radius 1 is 1.25 bits per heavy atom. The van der Waals surface area contributed by atoms with Crippen LogP contribution in [0.5, 0.6) is 0 Å². The van der Waals surface area contributed by atoms with E-state index in [-0.39, 0.29) is 9.36 Å². The lowest BCUT2D eigenvalue weighted by molar-refractivity contribution is -0.146. The van der Waals surface area contributed by atoms with E-state index in [1.807, 2.05) is 0 Å². The Labute approximate surface area is 109 Å². The van der Waals surface area contributed by atoms with Crippen molar-refractivity contribution in [3.05, 3.63) is 46.6 Å². The molecule has 2 aromatic rings. The summed E-state index contributed by atoms with van der Waals surface area (Å²) in [6.45, 7) is 0. The van der Waals surface area contributed by atoms with Gasteiger partial charge in [-0.05, 0) is 12.1 Å². The predicted molar refractivity (Wildman–Crippen MR) is 62.5 cm³/mol. The molecule has 1 heterocycles. The lowest BCUT2D eigenvalue weighted by atomic mass is 10.3. The first-order chi connectivity index (χ1) is 9.30. The summed E-state index contributed by atoms with van der Waals surface area (Å²) in [5, 5.41) is 5.10. The van der Waals surface area contributed by atoms with Gasteiger partial charge in [0.05, 0.1) is 0 Å². The molecule has 1 amide bonds. The average Bonchev–Trinajstić information content (AvgIpc) is 2.67. The highest BCUT2D eigenvalue weighted by Crippen LogP contribution is 2.25. The summed E-state index contributed by atoms with van der Waals surface area (Å²) in [4.78, 5) is 23.1. The van der Waals surface area contributed by atoms with E-state index >= 15 is 0 Å². The fraction of sp³-hybridized carbons (Fsp3) is 0.100. The topological polar surface area (TPSA) is 94.9 Å². The summed E-state index contributed by atoms with van der Waals surface area (Å²) >= 11 is 0. The first-order valence-electron chi connectivity index (χ1n) is 5.21. The lowest BCUT2D eigenvalue weighted by Crippen LogP contribution is -2.36. The summed E-state index contributed by atoms with van der Waals surface area (Å²) in [5.41, 5.74) is -1.10. The van der Waals surface area contributed by atoms with E-state index in [2.05, 4.69) is 10.4 Å². The van der Waals surface area contributed by atoms with Gasteiger partial charge >= 0.3 is 17.9 Å². The third kappa shape index (κ3) is 2.48. The van der Waals surface area contributed by atoms with Gasteiger partial charge in [0.15, 0.2) is 0 Å². The Bertz CT molecular complexity index is 689. The van der Waals surface area contributed by atoms with Crippen LogP contribution in [0.2, 0.25) is 0 Å². The number of halogens is 3. The molecule has 0 fully saturated rings. The number of carbonyl (C=O) groups excluding carboxylic acids is 1. The number of para-hydroxylation sites is 1. The van der Waals surface area contributed by atoms with Crippen LogP contribution in [0.4, 0.5) is 23.7 Å². The number of hydrogen-bond donors (Lipinski definition) is 2. The third-order valence-corrected chi connectivity index (χ3v) is 2.28. The molecule has 0 bridgehead atoms. The van der Waals surface area contributed by atoms with E-state index in [1.54, 1.807) is 18.2 Å². The molecule has 1 aromatic heterocycles. The number of alkyl halides is 3. The second kappa shape index (κ2) is 4.72. The van der Waals surface area contributed by atoms with E-state index in [4.69, 9.17) is 5.84 Å². The van der Waals surface area contributed by atoms with Gasteiger partial charge in [-0.3, -0.25) is 0 Å². The molecule has 10 heteroatoms. The Balaban J connectivity index is 2.35. The monoisotopic (exact) mass is 287 g/mol. The molecule has 0 radical (unpaired) electrons. The molecule has 0 aliphatic carbocycles. The summed E-state index contributed by atoms with van der Waals surface area (Å²) in [6.07, 6.45) is -4.94. The quantitative estimate of drug-likeness (QED) is 0.760. The smallest absolute Gasteiger partial charge is 0.333 e. The highest BCUT2D eigenvalue weighted by molar-refractivity contribution is 5.90. The maximum Gasteiger partial charge on any atom is 0.453 e. The molecule has 2 rings (SSSR count). The van der Waals surface area contributed by atoms with Crippen LogP contribution < -0.4 is 16.8 Å². The second-order valence-corrected chi connectivity index (χ2v) is 3.68. The predicted octanol–water partition coefficient (Wildman–Crippen LogP) is 0.858. The van der Waals surface area contributed by atoms with Gasteiger partial charge in [0.1, 0.15) is 0 Å². The van der Waals surface area contributed by atoms with Crippen molar-refractivity contribution in [3.8, 4) is 0 Å². The number of hydrogen-bond acceptors (Lipinski definition) is 4. The molecule has 1 aromatic carbocycles. The van der Waals surface area contributed by atoms with Crippen LogP contribution in [0.15, 0.2) is 35.1 Å². The molecule has 106 valence electrons. The molecule has 20 heavy (non-hydrogen) atoms. The van der Waals surface area contributed by atoms with Gasteiger partial charge in [-0.25, -0.2) is 9.59 Å². The standard InChI is InChI=1S/C10H8F3N5O2/c11-10(12,13)7-16-18(9(20)17(7)14)8(19)15-6-4-2-1-3-5-6/h1-5H,14H2,(H,15,19). The number of nitrogens with one attached hydrogen (secondary N) is 1. The van der Waals surface area contributed by atoms with Gasteiger partial charge in [-0.15, -0.1) is 9.78 Å². The van der Waals surface area contributed by atoms with Crippen LogP contribution in [-0.4, -0.2) is 20.5 Å². The number of aromatic nitrogens is 3. The Kier molecular flexibility index (Phi) is 3.22. The summed E-state index contributed by atoms with van der Waals surface area (Å²) < 4.78 is 37.2. The zero-order valence-electron chi connectivity index (χ0n) is 9.76. The van der Waals surface area contributed by atoms with Crippen molar-refractivity contribution in [1.29, 1.82) is 0 Å². The number of amides is 1. The highest BCUT2D eigenvalue weighted by Gasteiger charge is 2.39. The van der Waals surface area contributed by atoms with E-state index in [9.17, 15) is 22.8 Å². The molecule has 0 spiro atoms. The molecule has 3 N–H and O–H groups in total. The van der Waals surface area contributed by atoms with Crippen molar-refractivity contribution in [2.45, 2.75) is 6.18 Å². The number of anilines is 1. The zero-order chi connectivity index (χ0) is 14.9. The Morgan fingerprint density at radius 2 is 1.85 bits per heavy atom.